The third kappa shape index (κ3) is 5.57. The molecule has 0 radical (unpaired) electrons. The Morgan fingerprint density at radius 2 is 1.83 bits per heavy atom. The highest BCUT2D eigenvalue weighted by Gasteiger charge is 2.51. The van der Waals surface area contributed by atoms with E-state index in [1.807, 2.05) is 4.90 Å². The first-order valence-electron chi connectivity index (χ1n) is 11.6. The molecule has 8 nitrogen and oxygen atoms in total. The van der Waals surface area contributed by atoms with Crippen LogP contribution in [0.3, 0.4) is 0 Å². The first-order chi connectivity index (χ1) is 16.9. The van der Waals surface area contributed by atoms with Gasteiger partial charge in [0, 0.05) is 45.0 Å². The molecule has 2 fully saturated rings. The fourth-order valence-electron chi connectivity index (χ4n) is 4.57. The molecule has 1 aromatic heterocycles. The van der Waals surface area contributed by atoms with Crippen molar-refractivity contribution >= 4 is 27.0 Å². The molecular weight excluding hydrogens is 519 g/mol. The van der Waals surface area contributed by atoms with Crippen LogP contribution in [0.15, 0.2) is 46.0 Å². The van der Waals surface area contributed by atoms with Crippen LogP contribution in [0.5, 0.6) is 0 Å². The summed E-state index contributed by atoms with van der Waals surface area (Å²) < 4.78 is 73.5. The van der Waals surface area contributed by atoms with E-state index in [0.29, 0.717) is 38.5 Å². The smallest absolute Gasteiger partial charge is 0.394 e. The van der Waals surface area contributed by atoms with E-state index in [4.69, 9.17) is 4.74 Å². The van der Waals surface area contributed by atoms with Crippen molar-refractivity contribution in [3.63, 3.8) is 0 Å². The van der Waals surface area contributed by atoms with Crippen LogP contribution in [0, 0.1) is 0 Å². The third-order valence-corrected chi connectivity index (χ3v) is 9.98. The van der Waals surface area contributed by atoms with Crippen molar-refractivity contribution in [3.8, 4) is 0 Å². The SMILES string of the molecule is C[C@](O)(c1ccc(N2CCN(S(=O)(=O)c3cccs3)C[C@H]2CN2CCO[C@@H](CO)C2)cc1)C(F)(F)F. The number of hydrogen-bond donors (Lipinski definition) is 2. The number of sulfonamides is 1. The molecule has 2 aromatic rings. The minimum Gasteiger partial charge on any atom is -0.394 e. The first-order valence-corrected chi connectivity index (χ1v) is 13.9. The van der Waals surface area contributed by atoms with E-state index in [2.05, 4.69) is 4.90 Å². The number of ether oxygens (including phenoxy) is 1. The second-order valence-electron chi connectivity index (χ2n) is 9.19. The molecule has 2 aliphatic heterocycles. The number of morpholine rings is 1. The minimum atomic E-state index is -4.82. The number of hydrogen-bond acceptors (Lipinski definition) is 8. The van der Waals surface area contributed by atoms with Crippen molar-refractivity contribution in [2.75, 3.05) is 57.4 Å². The van der Waals surface area contributed by atoms with Crippen LogP contribution < -0.4 is 4.90 Å². The molecule has 0 unspecified atom stereocenters. The van der Waals surface area contributed by atoms with E-state index < -0.39 is 21.8 Å². The van der Waals surface area contributed by atoms with Crippen LogP contribution >= 0.6 is 11.3 Å². The molecule has 3 atom stereocenters. The van der Waals surface area contributed by atoms with E-state index in [9.17, 15) is 31.8 Å². The summed E-state index contributed by atoms with van der Waals surface area (Å²) in [5, 5.41) is 21.2. The number of alkyl halides is 3. The molecule has 36 heavy (non-hydrogen) atoms. The van der Waals surface area contributed by atoms with E-state index >= 15 is 0 Å². The van der Waals surface area contributed by atoms with Gasteiger partial charge in [0.1, 0.15) is 4.21 Å². The Labute approximate surface area is 212 Å². The Morgan fingerprint density at radius 3 is 2.44 bits per heavy atom. The molecule has 1 aromatic carbocycles. The molecule has 0 amide bonds. The highest BCUT2D eigenvalue weighted by Crippen LogP contribution is 2.39. The van der Waals surface area contributed by atoms with Crippen molar-refractivity contribution in [2.24, 2.45) is 0 Å². The number of nitrogens with zero attached hydrogens (tertiary/aromatic N) is 3. The quantitative estimate of drug-likeness (QED) is 0.547. The summed E-state index contributed by atoms with van der Waals surface area (Å²) in [6, 6.07) is 8.53. The van der Waals surface area contributed by atoms with Gasteiger partial charge in [-0.25, -0.2) is 8.42 Å². The molecule has 3 heterocycles. The number of benzene rings is 1. The topological polar surface area (TPSA) is 93.6 Å². The molecule has 4 rings (SSSR count). The maximum absolute atomic E-state index is 13.3. The van der Waals surface area contributed by atoms with Gasteiger partial charge in [-0.2, -0.15) is 17.5 Å². The largest absolute Gasteiger partial charge is 0.421 e. The van der Waals surface area contributed by atoms with Crippen LogP contribution in [0.4, 0.5) is 18.9 Å². The predicted molar refractivity (Wildman–Crippen MR) is 130 cm³/mol. The van der Waals surface area contributed by atoms with Gasteiger partial charge in [-0.3, -0.25) is 4.90 Å². The summed E-state index contributed by atoms with van der Waals surface area (Å²) in [7, 11) is -3.67. The van der Waals surface area contributed by atoms with Crippen LogP contribution in [0.25, 0.3) is 0 Å². The fraction of sp³-hybridized carbons (Fsp3) is 0.565. The van der Waals surface area contributed by atoms with E-state index in [-0.39, 0.29) is 41.6 Å². The summed E-state index contributed by atoms with van der Waals surface area (Å²) >= 11 is 1.15. The molecule has 2 aliphatic rings. The minimum absolute atomic E-state index is 0.121. The van der Waals surface area contributed by atoms with Gasteiger partial charge in [-0.05, 0) is 36.1 Å². The average molecular weight is 550 g/mol. The Balaban J connectivity index is 1.59. The molecule has 2 saturated heterocycles. The van der Waals surface area contributed by atoms with Crippen molar-refractivity contribution in [3.05, 3.63) is 47.3 Å². The number of halogens is 3. The lowest BCUT2D eigenvalue weighted by atomic mass is 9.95. The van der Waals surface area contributed by atoms with Crippen LogP contribution in [-0.2, 0) is 20.4 Å². The lowest BCUT2D eigenvalue weighted by molar-refractivity contribution is -0.258. The lowest BCUT2D eigenvalue weighted by Crippen LogP contribution is -2.59. The number of aliphatic hydroxyl groups excluding tert-OH is 1. The Morgan fingerprint density at radius 1 is 1.11 bits per heavy atom. The van der Waals surface area contributed by atoms with E-state index in [1.165, 1.54) is 28.6 Å². The van der Waals surface area contributed by atoms with Gasteiger partial charge in [-0.15, -0.1) is 11.3 Å². The van der Waals surface area contributed by atoms with E-state index in [0.717, 1.165) is 18.3 Å². The van der Waals surface area contributed by atoms with Gasteiger partial charge >= 0.3 is 6.18 Å². The Bertz CT molecular complexity index is 1110. The highest BCUT2D eigenvalue weighted by atomic mass is 32.2. The van der Waals surface area contributed by atoms with Gasteiger partial charge in [0.2, 0.25) is 0 Å². The van der Waals surface area contributed by atoms with Gasteiger partial charge in [-0.1, -0.05) is 18.2 Å². The standard InChI is InChI=1S/C23H30F3N3O5S2/c1-22(31,23(24,25)26)17-4-6-18(7-5-17)29-9-8-28(36(32,33)21-3-2-12-35-21)14-19(29)13-27-10-11-34-20(15-27)16-30/h2-7,12,19-20,30-31H,8-11,13-16H2,1H3/t19-,20-,22+/m1/s1. The molecule has 0 bridgehead atoms. The second kappa shape index (κ2) is 10.6. The Hall–Kier alpha value is -1.74. The van der Waals surface area contributed by atoms with Gasteiger partial charge in [0.25, 0.3) is 10.0 Å². The second-order valence-corrected chi connectivity index (χ2v) is 12.3. The van der Waals surface area contributed by atoms with Crippen molar-refractivity contribution in [1.82, 2.24) is 9.21 Å². The summed E-state index contributed by atoms with van der Waals surface area (Å²) in [5.41, 5.74) is -2.61. The number of thiophene rings is 1. The zero-order valence-electron chi connectivity index (χ0n) is 19.8. The van der Waals surface area contributed by atoms with Gasteiger partial charge in [0.15, 0.2) is 5.60 Å². The summed E-state index contributed by atoms with van der Waals surface area (Å²) in [6.45, 7) is 3.40. The zero-order valence-corrected chi connectivity index (χ0v) is 21.4. The number of aliphatic hydroxyl groups is 2. The first kappa shape index (κ1) is 27.3. The third-order valence-electron chi connectivity index (χ3n) is 6.74. The normalized spacial score (nSPS) is 24.6. The summed E-state index contributed by atoms with van der Waals surface area (Å²) in [5.74, 6) is 0. The average Bonchev–Trinajstić information content (AvgIpc) is 3.40. The molecular formula is C23H30F3N3O5S2. The van der Waals surface area contributed by atoms with Crippen molar-refractivity contribution in [2.45, 2.75) is 35.1 Å². The van der Waals surface area contributed by atoms with Gasteiger partial charge in [0.05, 0.1) is 25.4 Å². The monoisotopic (exact) mass is 549 g/mol. The fourth-order valence-corrected chi connectivity index (χ4v) is 7.19. The Kier molecular flexibility index (Phi) is 8.01. The lowest BCUT2D eigenvalue weighted by Gasteiger charge is -2.45. The van der Waals surface area contributed by atoms with E-state index in [1.54, 1.807) is 17.5 Å². The molecule has 0 saturated carbocycles. The maximum Gasteiger partial charge on any atom is 0.421 e. The molecule has 0 aliphatic carbocycles. The molecule has 200 valence electrons. The van der Waals surface area contributed by atoms with Crippen LogP contribution in [-0.4, -0.2) is 98.6 Å². The zero-order chi connectivity index (χ0) is 26.1. The van der Waals surface area contributed by atoms with Crippen LogP contribution in [0.1, 0.15) is 12.5 Å². The number of piperazine rings is 1. The molecule has 2 N–H and O–H groups in total. The van der Waals surface area contributed by atoms with Gasteiger partial charge < -0.3 is 19.8 Å². The predicted octanol–water partition coefficient (Wildman–Crippen LogP) is 2.09. The summed E-state index contributed by atoms with van der Waals surface area (Å²) in [4.78, 5) is 4.10. The number of rotatable bonds is 7. The molecule has 13 heteroatoms. The maximum atomic E-state index is 13.3. The molecule has 0 spiro atoms. The van der Waals surface area contributed by atoms with Crippen molar-refractivity contribution < 1.29 is 36.5 Å². The summed E-state index contributed by atoms with van der Waals surface area (Å²) in [6.07, 6.45) is -5.15. The number of anilines is 1. The highest BCUT2D eigenvalue weighted by molar-refractivity contribution is 7.91. The van der Waals surface area contributed by atoms with Crippen molar-refractivity contribution in [1.29, 1.82) is 0 Å². The van der Waals surface area contributed by atoms with Crippen LogP contribution in [0.2, 0.25) is 0 Å².